The number of rotatable bonds is 7. The first-order chi connectivity index (χ1) is 8.42. The molecular formula is C10H16F3N3O2. The lowest BCUT2D eigenvalue weighted by Crippen LogP contribution is -2.12. The first-order valence-corrected chi connectivity index (χ1v) is 5.56. The number of alkyl halides is 3. The fourth-order valence-corrected chi connectivity index (χ4v) is 1.34. The van der Waals surface area contributed by atoms with E-state index < -0.39 is 18.6 Å². The van der Waals surface area contributed by atoms with Crippen LogP contribution in [0.25, 0.3) is 0 Å². The fraction of sp³-hybridized carbons (Fsp3) is 0.800. The highest BCUT2D eigenvalue weighted by Crippen LogP contribution is 2.22. The van der Waals surface area contributed by atoms with E-state index in [1.54, 1.807) is 7.11 Å². The summed E-state index contributed by atoms with van der Waals surface area (Å²) in [6.45, 7) is 0.558. The van der Waals surface area contributed by atoms with Gasteiger partial charge in [0.1, 0.15) is 0 Å². The Kier molecular flexibility index (Phi) is 5.54. The lowest BCUT2D eigenvalue weighted by atomic mass is 10.2. The average Bonchev–Trinajstić information content (AvgIpc) is 2.74. The van der Waals surface area contributed by atoms with E-state index in [2.05, 4.69) is 10.1 Å². The molecule has 18 heavy (non-hydrogen) atoms. The Hall–Kier alpha value is -1.15. The van der Waals surface area contributed by atoms with Crippen LogP contribution in [0.15, 0.2) is 4.52 Å². The van der Waals surface area contributed by atoms with E-state index in [-0.39, 0.29) is 18.1 Å². The maximum absolute atomic E-state index is 12.0. The van der Waals surface area contributed by atoms with Crippen LogP contribution in [0.1, 0.15) is 37.0 Å². The van der Waals surface area contributed by atoms with Gasteiger partial charge in [-0.2, -0.15) is 18.2 Å². The van der Waals surface area contributed by atoms with Gasteiger partial charge in [0, 0.05) is 20.1 Å². The highest BCUT2D eigenvalue weighted by Gasteiger charge is 2.27. The quantitative estimate of drug-likeness (QED) is 0.765. The first kappa shape index (κ1) is 14.9. The number of methoxy groups -OCH3 is 1. The molecule has 1 aromatic rings. The zero-order valence-electron chi connectivity index (χ0n) is 10.0. The molecule has 5 nitrogen and oxygen atoms in total. The van der Waals surface area contributed by atoms with Gasteiger partial charge in [-0.25, -0.2) is 0 Å². The normalized spacial score (nSPS) is 13.8. The molecule has 0 aliphatic carbocycles. The van der Waals surface area contributed by atoms with Crippen molar-refractivity contribution in [3.63, 3.8) is 0 Å². The average molecular weight is 267 g/mol. The van der Waals surface area contributed by atoms with Gasteiger partial charge >= 0.3 is 6.18 Å². The number of hydrogen-bond donors (Lipinski definition) is 1. The van der Waals surface area contributed by atoms with Crippen LogP contribution in [0.4, 0.5) is 13.2 Å². The Bertz CT molecular complexity index is 354. The summed E-state index contributed by atoms with van der Waals surface area (Å²) >= 11 is 0. The second kappa shape index (κ2) is 6.69. The van der Waals surface area contributed by atoms with Gasteiger partial charge in [-0.3, -0.25) is 0 Å². The molecule has 1 atom stereocenters. The van der Waals surface area contributed by atoms with Crippen LogP contribution in [0.2, 0.25) is 0 Å². The summed E-state index contributed by atoms with van der Waals surface area (Å²) in [5.74, 6) is 0.202. The van der Waals surface area contributed by atoms with E-state index in [9.17, 15) is 13.2 Å². The van der Waals surface area contributed by atoms with Gasteiger partial charge in [0.25, 0.3) is 0 Å². The molecule has 1 aromatic heterocycles. The number of nitrogens with zero attached hydrogens (tertiary/aromatic N) is 2. The Morgan fingerprint density at radius 3 is 2.78 bits per heavy atom. The highest BCUT2D eigenvalue weighted by atomic mass is 19.4. The second-order valence-electron chi connectivity index (χ2n) is 3.91. The molecule has 0 radical (unpaired) electrons. The van der Waals surface area contributed by atoms with Crippen molar-refractivity contribution in [1.82, 2.24) is 10.1 Å². The third-order valence-corrected chi connectivity index (χ3v) is 2.30. The number of aromatic nitrogens is 2. The van der Waals surface area contributed by atoms with Crippen molar-refractivity contribution in [2.75, 3.05) is 13.7 Å². The summed E-state index contributed by atoms with van der Waals surface area (Å²) in [6.07, 6.45) is -4.18. The molecule has 0 bridgehead atoms. The second-order valence-corrected chi connectivity index (χ2v) is 3.91. The lowest BCUT2D eigenvalue weighted by Gasteiger charge is -2.05. The molecule has 0 aliphatic rings. The zero-order chi connectivity index (χ0) is 13.6. The lowest BCUT2D eigenvalue weighted by molar-refractivity contribution is -0.134. The minimum absolute atomic E-state index is 0.0320. The van der Waals surface area contributed by atoms with Crippen molar-refractivity contribution in [3.05, 3.63) is 11.7 Å². The predicted molar refractivity (Wildman–Crippen MR) is 56.7 cm³/mol. The molecule has 0 saturated heterocycles. The van der Waals surface area contributed by atoms with Crippen molar-refractivity contribution in [3.8, 4) is 0 Å². The van der Waals surface area contributed by atoms with Crippen molar-refractivity contribution in [2.45, 2.75) is 37.9 Å². The summed E-state index contributed by atoms with van der Waals surface area (Å²) in [6, 6.07) is -0.465. The topological polar surface area (TPSA) is 74.2 Å². The Balaban J connectivity index is 2.42. The molecule has 2 N–H and O–H groups in total. The van der Waals surface area contributed by atoms with E-state index in [4.69, 9.17) is 15.0 Å². The van der Waals surface area contributed by atoms with Crippen LogP contribution < -0.4 is 5.73 Å². The molecule has 1 heterocycles. The molecule has 104 valence electrons. The highest BCUT2D eigenvalue weighted by molar-refractivity contribution is 4.92. The molecule has 0 fully saturated rings. The molecule has 0 aromatic carbocycles. The van der Waals surface area contributed by atoms with Crippen molar-refractivity contribution in [1.29, 1.82) is 0 Å². The van der Waals surface area contributed by atoms with Crippen LogP contribution in [-0.2, 0) is 11.2 Å². The number of hydrogen-bond acceptors (Lipinski definition) is 5. The number of halogens is 3. The van der Waals surface area contributed by atoms with E-state index >= 15 is 0 Å². The number of nitrogens with two attached hydrogens (primary N) is 1. The SMILES string of the molecule is COCCCC(N)c1nc(CCC(F)(F)F)no1. The molecule has 0 saturated carbocycles. The summed E-state index contributed by atoms with van der Waals surface area (Å²) in [7, 11) is 1.58. The van der Waals surface area contributed by atoms with Gasteiger partial charge in [0.2, 0.25) is 5.89 Å². The molecule has 0 amide bonds. The number of ether oxygens (including phenoxy) is 1. The van der Waals surface area contributed by atoms with Crippen LogP contribution in [0, 0.1) is 0 Å². The van der Waals surface area contributed by atoms with Crippen LogP contribution in [-0.4, -0.2) is 30.0 Å². The largest absolute Gasteiger partial charge is 0.389 e. The summed E-state index contributed by atoms with van der Waals surface area (Å²) in [5.41, 5.74) is 5.76. The van der Waals surface area contributed by atoms with Crippen LogP contribution in [0.5, 0.6) is 0 Å². The fourth-order valence-electron chi connectivity index (χ4n) is 1.34. The van der Waals surface area contributed by atoms with Crippen LogP contribution >= 0.6 is 0 Å². The molecular weight excluding hydrogens is 251 g/mol. The van der Waals surface area contributed by atoms with Gasteiger partial charge in [-0.05, 0) is 12.8 Å². The van der Waals surface area contributed by atoms with Crippen molar-refractivity contribution < 1.29 is 22.4 Å². The van der Waals surface area contributed by atoms with Gasteiger partial charge in [0.05, 0.1) is 12.5 Å². The zero-order valence-corrected chi connectivity index (χ0v) is 10.0. The summed E-state index contributed by atoms with van der Waals surface area (Å²) < 4.78 is 45.7. The van der Waals surface area contributed by atoms with Gasteiger partial charge < -0.3 is 15.0 Å². The smallest absolute Gasteiger partial charge is 0.385 e. The Morgan fingerprint density at radius 2 is 2.17 bits per heavy atom. The third-order valence-electron chi connectivity index (χ3n) is 2.30. The molecule has 1 unspecified atom stereocenters. The minimum Gasteiger partial charge on any atom is -0.385 e. The van der Waals surface area contributed by atoms with Gasteiger partial charge in [-0.15, -0.1) is 0 Å². The predicted octanol–water partition coefficient (Wildman–Crippen LogP) is 1.99. The van der Waals surface area contributed by atoms with Crippen LogP contribution in [0.3, 0.4) is 0 Å². The maximum Gasteiger partial charge on any atom is 0.389 e. The van der Waals surface area contributed by atoms with Crippen molar-refractivity contribution >= 4 is 0 Å². The molecule has 8 heteroatoms. The van der Waals surface area contributed by atoms with E-state index in [0.29, 0.717) is 13.0 Å². The molecule has 0 aliphatic heterocycles. The minimum atomic E-state index is -4.22. The standard InChI is InChI=1S/C10H16F3N3O2/c1-17-6-2-3-7(14)9-15-8(16-18-9)4-5-10(11,12)13/h7H,2-6,14H2,1H3. The maximum atomic E-state index is 12.0. The molecule has 1 rings (SSSR count). The summed E-state index contributed by atoms with van der Waals surface area (Å²) in [4.78, 5) is 3.85. The van der Waals surface area contributed by atoms with E-state index in [1.165, 1.54) is 0 Å². The van der Waals surface area contributed by atoms with Gasteiger partial charge in [0.15, 0.2) is 5.82 Å². The third kappa shape index (κ3) is 5.46. The van der Waals surface area contributed by atoms with E-state index in [0.717, 1.165) is 6.42 Å². The monoisotopic (exact) mass is 267 g/mol. The Labute approximate surface area is 102 Å². The van der Waals surface area contributed by atoms with Gasteiger partial charge in [-0.1, -0.05) is 5.16 Å². The molecule has 0 spiro atoms. The summed E-state index contributed by atoms with van der Waals surface area (Å²) in [5, 5.41) is 3.47. The van der Waals surface area contributed by atoms with Crippen molar-refractivity contribution in [2.24, 2.45) is 5.73 Å². The number of aryl methyl sites for hydroxylation is 1. The van der Waals surface area contributed by atoms with E-state index in [1.807, 2.05) is 0 Å². The first-order valence-electron chi connectivity index (χ1n) is 5.56. The Morgan fingerprint density at radius 1 is 1.44 bits per heavy atom.